The van der Waals surface area contributed by atoms with E-state index in [0.29, 0.717) is 11.5 Å². The topological polar surface area (TPSA) is 138 Å². The molecule has 2 aromatic rings. The van der Waals surface area contributed by atoms with Gasteiger partial charge in [0.25, 0.3) is 5.69 Å². The van der Waals surface area contributed by atoms with Crippen LogP contribution in [0.3, 0.4) is 0 Å². The second kappa shape index (κ2) is 8.29. The van der Waals surface area contributed by atoms with Gasteiger partial charge in [0.05, 0.1) is 18.2 Å². The number of methoxy groups -OCH3 is 1. The maximum atomic E-state index is 10.7. The molecule has 0 saturated heterocycles. The number of non-ortho nitro benzene ring substituents is 1. The lowest BCUT2D eigenvalue weighted by Gasteiger charge is -2.11. The van der Waals surface area contributed by atoms with Crippen LogP contribution in [0.1, 0.15) is 11.1 Å². The van der Waals surface area contributed by atoms with Crippen LogP contribution in [0.2, 0.25) is 0 Å². The Kier molecular flexibility index (Phi) is 5.88. The molecule has 9 nitrogen and oxygen atoms in total. The van der Waals surface area contributed by atoms with E-state index < -0.39 is 4.92 Å². The van der Waals surface area contributed by atoms with E-state index in [-0.39, 0.29) is 18.3 Å². The summed E-state index contributed by atoms with van der Waals surface area (Å²) in [6, 6.07) is 11.2. The highest BCUT2D eigenvalue weighted by molar-refractivity contribution is 5.82. The van der Waals surface area contributed by atoms with Crippen LogP contribution in [0, 0.1) is 10.1 Å². The monoisotopic (exact) mass is 343 g/mol. The summed E-state index contributed by atoms with van der Waals surface area (Å²) >= 11 is 0. The van der Waals surface area contributed by atoms with Crippen LogP contribution in [0.5, 0.6) is 11.5 Å². The van der Waals surface area contributed by atoms with Crippen molar-refractivity contribution in [1.82, 2.24) is 0 Å². The van der Waals surface area contributed by atoms with E-state index in [4.69, 9.17) is 20.9 Å². The number of hydrogen-bond donors (Lipinski definition) is 2. The highest BCUT2D eigenvalue weighted by atomic mass is 16.6. The normalized spacial score (nSPS) is 10.4. The highest BCUT2D eigenvalue weighted by Crippen LogP contribution is 2.23. The van der Waals surface area contributed by atoms with Crippen molar-refractivity contribution in [1.29, 1.82) is 0 Å². The number of nitrogens with two attached hydrogens (primary N) is 2. The molecular formula is C16H17N5O4. The first kappa shape index (κ1) is 17.7. The quantitative estimate of drug-likeness (QED) is 0.340. The van der Waals surface area contributed by atoms with Crippen LogP contribution in [0.25, 0.3) is 0 Å². The average molecular weight is 343 g/mol. The number of benzene rings is 2. The first-order chi connectivity index (χ1) is 12.0. The average Bonchev–Trinajstić information content (AvgIpc) is 2.60. The van der Waals surface area contributed by atoms with Gasteiger partial charge in [0.15, 0.2) is 0 Å². The molecule has 0 aliphatic carbocycles. The van der Waals surface area contributed by atoms with E-state index >= 15 is 0 Å². The summed E-state index contributed by atoms with van der Waals surface area (Å²) < 4.78 is 11.0. The summed E-state index contributed by atoms with van der Waals surface area (Å²) in [4.78, 5) is 10.2. The molecule has 0 spiro atoms. The molecule has 0 saturated carbocycles. The van der Waals surface area contributed by atoms with Crippen molar-refractivity contribution < 1.29 is 14.4 Å². The third-order valence-electron chi connectivity index (χ3n) is 3.13. The van der Waals surface area contributed by atoms with Gasteiger partial charge in [-0.3, -0.25) is 10.1 Å². The van der Waals surface area contributed by atoms with Gasteiger partial charge < -0.3 is 20.9 Å². The SMILES string of the molecule is COc1ccc(C=NN=C(N)N)cc1COc1ccc([N+](=O)[O-])cc1. The fourth-order valence-electron chi connectivity index (χ4n) is 1.98. The van der Waals surface area contributed by atoms with Gasteiger partial charge in [0.2, 0.25) is 5.96 Å². The maximum Gasteiger partial charge on any atom is 0.269 e. The fourth-order valence-corrected chi connectivity index (χ4v) is 1.98. The van der Waals surface area contributed by atoms with Crippen molar-refractivity contribution >= 4 is 17.9 Å². The Morgan fingerprint density at radius 3 is 2.56 bits per heavy atom. The van der Waals surface area contributed by atoms with Crippen molar-refractivity contribution in [2.24, 2.45) is 21.7 Å². The molecule has 0 fully saturated rings. The van der Waals surface area contributed by atoms with E-state index in [0.717, 1.165) is 11.1 Å². The standard InChI is InChI=1S/C16H17N5O4/c1-24-15-7-2-11(9-19-20-16(17)18)8-12(15)10-25-14-5-3-13(4-6-14)21(22)23/h2-9H,10H2,1H3,(H4,17,18,20). The molecule has 0 aliphatic heterocycles. The fraction of sp³-hybridized carbons (Fsp3) is 0.125. The Morgan fingerprint density at radius 2 is 1.96 bits per heavy atom. The maximum absolute atomic E-state index is 10.7. The third-order valence-corrected chi connectivity index (χ3v) is 3.13. The minimum absolute atomic E-state index is 0.00266. The number of ether oxygens (including phenoxy) is 2. The number of nitro groups is 1. The minimum Gasteiger partial charge on any atom is -0.496 e. The molecule has 0 aliphatic rings. The van der Waals surface area contributed by atoms with Crippen molar-refractivity contribution in [2.45, 2.75) is 6.61 Å². The number of hydrogen-bond acceptors (Lipinski definition) is 6. The molecule has 9 heteroatoms. The molecule has 0 heterocycles. The molecule has 0 unspecified atom stereocenters. The van der Waals surface area contributed by atoms with Crippen LogP contribution in [0.15, 0.2) is 52.7 Å². The smallest absolute Gasteiger partial charge is 0.269 e. The number of nitrogens with zero attached hydrogens (tertiary/aromatic N) is 3. The van der Waals surface area contributed by atoms with Crippen LogP contribution >= 0.6 is 0 Å². The van der Waals surface area contributed by atoms with Gasteiger partial charge in [-0.1, -0.05) is 0 Å². The summed E-state index contributed by atoms with van der Waals surface area (Å²) in [6.45, 7) is 0.213. The van der Waals surface area contributed by atoms with E-state index in [1.54, 1.807) is 19.2 Å². The predicted molar refractivity (Wildman–Crippen MR) is 93.8 cm³/mol. The Morgan fingerprint density at radius 1 is 1.24 bits per heavy atom. The molecule has 0 radical (unpaired) electrons. The molecule has 0 aromatic heterocycles. The third kappa shape index (κ3) is 5.20. The highest BCUT2D eigenvalue weighted by Gasteiger charge is 2.07. The molecule has 2 aromatic carbocycles. The van der Waals surface area contributed by atoms with Crippen LogP contribution in [-0.4, -0.2) is 24.2 Å². The summed E-state index contributed by atoms with van der Waals surface area (Å²) in [6.07, 6.45) is 1.49. The summed E-state index contributed by atoms with van der Waals surface area (Å²) in [7, 11) is 1.55. The Bertz CT molecular complexity index is 799. The predicted octanol–water partition coefficient (Wildman–Crippen LogP) is 1.79. The van der Waals surface area contributed by atoms with Crippen LogP contribution < -0.4 is 20.9 Å². The minimum atomic E-state index is -0.466. The zero-order chi connectivity index (χ0) is 18.2. The summed E-state index contributed by atoms with van der Waals surface area (Å²) in [5.74, 6) is 1.01. The van der Waals surface area contributed by atoms with Crippen LogP contribution in [0.4, 0.5) is 5.69 Å². The molecule has 4 N–H and O–H groups in total. The number of nitro benzene ring substituents is 1. The van der Waals surface area contributed by atoms with Gasteiger partial charge in [-0.05, 0) is 35.9 Å². The summed E-state index contributed by atoms with van der Waals surface area (Å²) in [5.41, 5.74) is 11.9. The van der Waals surface area contributed by atoms with Crippen molar-refractivity contribution in [3.05, 3.63) is 63.7 Å². The number of rotatable bonds is 7. The van der Waals surface area contributed by atoms with Crippen molar-refractivity contribution in [3.63, 3.8) is 0 Å². The molecular weight excluding hydrogens is 326 g/mol. The molecule has 0 atom stereocenters. The second-order valence-electron chi connectivity index (χ2n) is 4.88. The van der Waals surface area contributed by atoms with Gasteiger partial charge in [0, 0.05) is 17.7 Å². The first-order valence-electron chi connectivity index (χ1n) is 7.15. The van der Waals surface area contributed by atoms with Crippen molar-refractivity contribution in [3.8, 4) is 11.5 Å². The Labute approximate surface area is 143 Å². The molecule has 130 valence electrons. The zero-order valence-electron chi connectivity index (χ0n) is 13.5. The lowest BCUT2D eigenvalue weighted by atomic mass is 10.1. The Balaban J connectivity index is 2.12. The molecule has 0 bridgehead atoms. The number of guanidine groups is 1. The van der Waals surface area contributed by atoms with E-state index in [1.807, 2.05) is 6.07 Å². The molecule has 0 amide bonds. The van der Waals surface area contributed by atoms with E-state index in [2.05, 4.69) is 10.2 Å². The lowest BCUT2D eigenvalue weighted by molar-refractivity contribution is -0.384. The van der Waals surface area contributed by atoms with Gasteiger partial charge in [-0.15, -0.1) is 5.10 Å². The van der Waals surface area contributed by atoms with Crippen LogP contribution in [-0.2, 0) is 6.61 Å². The lowest BCUT2D eigenvalue weighted by Crippen LogP contribution is -2.21. The Hall–Kier alpha value is -3.62. The van der Waals surface area contributed by atoms with Gasteiger partial charge in [0.1, 0.15) is 18.1 Å². The van der Waals surface area contributed by atoms with E-state index in [1.165, 1.54) is 30.5 Å². The van der Waals surface area contributed by atoms with Gasteiger partial charge in [-0.25, -0.2) is 0 Å². The molecule has 25 heavy (non-hydrogen) atoms. The zero-order valence-corrected chi connectivity index (χ0v) is 13.5. The molecule has 2 rings (SSSR count). The van der Waals surface area contributed by atoms with E-state index in [9.17, 15) is 10.1 Å². The summed E-state index contributed by atoms with van der Waals surface area (Å²) in [5, 5.41) is 17.9. The first-order valence-corrected chi connectivity index (χ1v) is 7.15. The van der Waals surface area contributed by atoms with Gasteiger partial charge >= 0.3 is 0 Å². The largest absolute Gasteiger partial charge is 0.496 e. The van der Waals surface area contributed by atoms with Gasteiger partial charge in [-0.2, -0.15) is 5.10 Å². The van der Waals surface area contributed by atoms with Crippen molar-refractivity contribution in [2.75, 3.05) is 7.11 Å². The second-order valence-corrected chi connectivity index (χ2v) is 4.88.